The second kappa shape index (κ2) is 3.50. The van der Waals surface area contributed by atoms with Crippen LogP contribution >= 0.6 is 0 Å². The van der Waals surface area contributed by atoms with Gasteiger partial charge in [-0.1, -0.05) is 6.55 Å². The van der Waals surface area contributed by atoms with Crippen molar-refractivity contribution < 1.29 is 9.47 Å². The minimum absolute atomic E-state index is 0.341. The van der Waals surface area contributed by atoms with Crippen molar-refractivity contribution in [3.63, 3.8) is 0 Å². The van der Waals surface area contributed by atoms with E-state index in [1.807, 2.05) is 0 Å². The number of ether oxygens (including phenoxy) is 2. The number of rotatable bonds is 4. The van der Waals surface area contributed by atoms with Crippen LogP contribution in [0, 0.1) is 0 Å². The molecule has 0 aliphatic carbocycles. The molecule has 1 rings (SSSR count). The fourth-order valence-corrected chi connectivity index (χ4v) is 1.91. The summed E-state index contributed by atoms with van der Waals surface area (Å²) in [5.41, 5.74) is 0. The molecule has 54 valence electrons. The van der Waals surface area contributed by atoms with Gasteiger partial charge in [0.05, 0.1) is 13.2 Å². The molecule has 0 aromatic heterocycles. The third kappa shape index (κ3) is 3.85. The summed E-state index contributed by atoms with van der Waals surface area (Å²) in [6.07, 6.45) is 1.52. The van der Waals surface area contributed by atoms with Gasteiger partial charge in [0.15, 0.2) is 0 Å². The lowest BCUT2D eigenvalue weighted by Crippen LogP contribution is -2.18. The highest BCUT2D eigenvalue weighted by molar-refractivity contribution is 7.02. The topological polar surface area (TPSA) is 21.8 Å². The summed E-state index contributed by atoms with van der Waals surface area (Å²) < 4.78 is 10.4. The predicted molar refractivity (Wildman–Crippen MR) is 43.5 cm³/mol. The first-order valence-corrected chi connectivity index (χ1v) is 10.1. The Hall–Kier alpha value is 0.354. The molecule has 0 N–H and O–H groups in total. The van der Waals surface area contributed by atoms with E-state index in [1.54, 1.807) is 0 Å². The van der Waals surface area contributed by atoms with Crippen LogP contribution in [-0.4, -0.2) is 43.6 Å². The minimum Gasteiger partial charge on any atom is -0.383 e. The normalized spacial score (nSPS) is 28.3. The van der Waals surface area contributed by atoms with Crippen LogP contribution in [0.3, 0.4) is 0 Å². The van der Waals surface area contributed by atoms with Crippen molar-refractivity contribution >= 4 is 18.1 Å². The van der Waals surface area contributed by atoms with Gasteiger partial charge in [0.2, 0.25) is 0 Å². The van der Waals surface area contributed by atoms with Crippen molar-refractivity contribution in [1.82, 2.24) is 0 Å². The Morgan fingerprint density at radius 1 is 1.89 bits per heavy atom. The molecule has 1 aliphatic heterocycles. The lowest BCUT2D eigenvalue weighted by molar-refractivity contribution is 0.153. The molecule has 9 heavy (non-hydrogen) atoms. The Labute approximate surface area is 60.4 Å². The molecule has 0 aromatic carbocycles. The van der Waals surface area contributed by atoms with Crippen LogP contribution in [0.25, 0.3) is 0 Å². The van der Waals surface area contributed by atoms with Gasteiger partial charge < -0.3 is 9.47 Å². The van der Waals surface area contributed by atoms with E-state index in [1.165, 1.54) is 9.76 Å². The van der Waals surface area contributed by atoms with E-state index >= 15 is 0 Å². The van der Waals surface area contributed by atoms with Gasteiger partial charge in [-0.05, 0) is 9.76 Å². The average Bonchev–Trinajstić information content (AvgIpc) is 2.48. The fourth-order valence-electron chi connectivity index (χ4n) is 0.599. The monoisotopic (exact) mass is 162 g/mol. The van der Waals surface area contributed by atoms with E-state index in [2.05, 4.69) is 6.55 Å². The van der Waals surface area contributed by atoms with E-state index in [0.29, 0.717) is 6.10 Å². The van der Waals surface area contributed by atoms with E-state index in [-0.39, 0.29) is 8.31 Å². The van der Waals surface area contributed by atoms with Crippen molar-refractivity contribution in [2.45, 2.75) is 12.7 Å². The highest BCUT2D eigenvalue weighted by atomic mass is 29.1. The molecular weight excluding hydrogens is 148 g/mol. The summed E-state index contributed by atoms with van der Waals surface area (Å²) in [5, 5.41) is 0. The zero-order valence-corrected chi connectivity index (χ0v) is 9.25. The second-order valence-corrected chi connectivity index (χ2v) is 11.9. The van der Waals surface area contributed by atoms with E-state index in [0.717, 1.165) is 19.4 Å². The lowest BCUT2D eigenvalue weighted by atomic mass is 10.5. The molecule has 1 saturated heterocycles. The molecule has 0 amide bonds. The predicted octanol–water partition coefficient (Wildman–Crippen LogP) is -1.34. The first kappa shape index (κ1) is 7.46. The van der Waals surface area contributed by atoms with Gasteiger partial charge in [-0.3, -0.25) is 0 Å². The SMILES string of the molecule is C[SiH]([SiH3])COCC1CO1. The maximum absolute atomic E-state index is 5.39. The maximum atomic E-state index is 5.39. The molecule has 0 spiro atoms. The van der Waals surface area contributed by atoms with Crippen LogP contribution in [0.5, 0.6) is 0 Å². The molecule has 0 bridgehead atoms. The largest absolute Gasteiger partial charge is 0.383 e. The fraction of sp³-hybridized carbons (Fsp3) is 1.00. The van der Waals surface area contributed by atoms with Crippen molar-refractivity contribution in [2.75, 3.05) is 19.4 Å². The molecule has 2 atom stereocenters. The lowest BCUT2D eigenvalue weighted by Gasteiger charge is -2.02. The van der Waals surface area contributed by atoms with Crippen LogP contribution < -0.4 is 0 Å². The maximum Gasteiger partial charge on any atom is 0.104 e. The van der Waals surface area contributed by atoms with Gasteiger partial charge in [-0.25, -0.2) is 0 Å². The summed E-state index contributed by atoms with van der Waals surface area (Å²) in [5.74, 6) is 0. The number of hydrogen-bond acceptors (Lipinski definition) is 2. The van der Waals surface area contributed by atoms with Gasteiger partial charge in [-0.15, -0.1) is 0 Å². The van der Waals surface area contributed by atoms with E-state index in [9.17, 15) is 0 Å². The standard InChI is InChI=1S/C5H14O2Si2/c1-9(8)4-6-2-5-3-7-5/h5,9H,2-4H2,1,8H3. The summed E-state index contributed by atoms with van der Waals surface area (Å²) in [6.45, 7) is 4.12. The quantitative estimate of drug-likeness (QED) is 0.377. The Morgan fingerprint density at radius 2 is 2.56 bits per heavy atom. The van der Waals surface area contributed by atoms with Crippen molar-refractivity contribution in [2.24, 2.45) is 0 Å². The summed E-state index contributed by atoms with van der Waals surface area (Å²) in [6, 6.07) is 0. The third-order valence-corrected chi connectivity index (χ3v) is 3.06. The van der Waals surface area contributed by atoms with Crippen molar-refractivity contribution in [1.29, 1.82) is 0 Å². The van der Waals surface area contributed by atoms with Crippen LogP contribution in [-0.2, 0) is 9.47 Å². The van der Waals surface area contributed by atoms with Gasteiger partial charge in [0, 0.05) is 14.5 Å². The summed E-state index contributed by atoms with van der Waals surface area (Å²) in [7, 11) is 1.03. The molecule has 0 saturated carbocycles. The van der Waals surface area contributed by atoms with E-state index < -0.39 is 0 Å². The van der Waals surface area contributed by atoms with Crippen molar-refractivity contribution in [3.05, 3.63) is 0 Å². The minimum atomic E-state index is -0.341. The smallest absolute Gasteiger partial charge is 0.104 e. The van der Waals surface area contributed by atoms with Crippen LogP contribution in [0.4, 0.5) is 0 Å². The molecule has 1 heterocycles. The first-order chi connectivity index (χ1) is 4.29. The van der Waals surface area contributed by atoms with Crippen molar-refractivity contribution in [3.8, 4) is 0 Å². The molecule has 1 fully saturated rings. The highest BCUT2D eigenvalue weighted by Crippen LogP contribution is 2.07. The zero-order chi connectivity index (χ0) is 6.69. The van der Waals surface area contributed by atoms with Gasteiger partial charge in [-0.2, -0.15) is 0 Å². The molecule has 0 aromatic rings. The summed E-state index contributed by atoms with van der Waals surface area (Å²) >= 11 is 0. The zero-order valence-electron chi connectivity index (χ0n) is 6.09. The Balaban J connectivity index is 1.81. The van der Waals surface area contributed by atoms with Gasteiger partial charge in [0.25, 0.3) is 0 Å². The van der Waals surface area contributed by atoms with Crippen LogP contribution in [0.2, 0.25) is 6.55 Å². The molecular formula is C5H14O2Si2. The molecule has 1 aliphatic rings. The Kier molecular flexibility index (Phi) is 2.91. The average molecular weight is 162 g/mol. The van der Waals surface area contributed by atoms with Crippen LogP contribution in [0.15, 0.2) is 0 Å². The summed E-state index contributed by atoms with van der Waals surface area (Å²) in [4.78, 5) is 0. The van der Waals surface area contributed by atoms with Gasteiger partial charge >= 0.3 is 0 Å². The van der Waals surface area contributed by atoms with E-state index in [4.69, 9.17) is 9.47 Å². The first-order valence-electron chi connectivity index (χ1n) is 3.48. The third-order valence-electron chi connectivity index (χ3n) is 1.16. The van der Waals surface area contributed by atoms with Gasteiger partial charge in [0.1, 0.15) is 6.10 Å². The highest BCUT2D eigenvalue weighted by Gasteiger charge is 2.22. The molecule has 2 unspecified atom stereocenters. The van der Waals surface area contributed by atoms with Crippen LogP contribution in [0.1, 0.15) is 0 Å². The second-order valence-electron chi connectivity index (χ2n) is 2.89. The molecule has 2 nitrogen and oxygen atoms in total. The number of epoxide rings is 1. The number of hydrogen-bond donors (Lipinski definition) is 0. The molecule has 0 radical (unpaired) electrons. The molecule has 4 heteroatoms. The Bertz CT molecular complexity index is 81.0. The Morgan fingerprint density at radius 3 is 3.00 bits per heavy atom.